The first-order valence-corrected chi connectivity index (χ1v) is 8.82. The number of halogens is 2. The summed E-state index contributed by atoms with van der Waals surface area (Å²) in [5, 5.41) is 29.1. The maximum atomic E-state index is 12.9. The highest BCUT2D eigenvalue weighted by molar-refractivity contribution is 6.42. The third-order valence-electron chi connectivity index (χ3n) is 3.87. The summed E-state index contributed by atoms with van der Waals surface area (Å²) in [6.07, 6.45) is 0. The van der Waals surface area contributed by atoms with Crippen LogP contribution < -0.4 is 5.56 Å². The lowest BCUT2D eigenvalue weighted by Crippen LogP contribution is -2.21. The number of esters is 1. The van der Waals surface area contributed by atoms with Crippen LogP contribution >= 0.6 is 23.2 Å². The summed E-state index contributed by atoms with van der Waals surface area (Å²) in [6, 6.07) is 12.4. The van der Waals surface area contributed by atoms with Crippen LogP contribution in [-0.4, -0.2) is 27.9 Å². The molecule has 2 N–H and O–H groups in total. The SMILES string of the molecule is COC(=O)c1c(O)c(N=Nc2ccc(Cl)c(Cl)c2)c(=O)n(-c2ccccc2)c1O. The van der Waals surface area contributed by atoms with Crippen LogP contribution in [0.3, 0.4) is 0 Å². The van der Waals surface area contributed by atoms with Crippen LogP contribution in [0.1, 0.15) is 10.4 Å². The molecule has 10 heteroatoms. The number of hydrogen-bond acceptors (Lipinski definition) is 7. The fourth-order valence-electron chi connectivity index (χ4n) is 2.49. The third-order valence-corrected chi connectivity index (χ3v) is 4.61. The molecule has 3 aromatic rings. The predicted molar refractivity (Wildman–Crippen MR) is 107 cm³/mol. The smallest absolute Gasteiger partial charge is 0.347 e. The van der Waals surface area contributed by atoms with Gasteiger partial charge in [-0.3, -0.25) is 4.79 Å². The van der Waals surface area contributed by atoms with Crippen LogP contribution in [0.2, 0.25) is 10.0 Å². The first-order chi connectivity index (χ1) is 13.8. The Morgan fingerprint density at radius 3 is 2.34 bits per heavy atom. The van der Waals surface area contributed by atoms with Gasteiger partial charge in [-0.25, -0.2) is 9.36 Å². The van der Waals surface area contributed by atoms with E-state index in [4.69, 9.17) is 23.2 Å². The summed E-state index contributed by atoms with van der Waals surface area (Å²) in [6.45, 7) is 0. The van der Waals surface area contributed by atoms with Crippen molar-refractivity contribution in [3.63, 3.8) is 0 Å². The van der Waals surface area contributed by atoms with E-state index in [1.807, 2.05) is 0 Å². The molecular formula is C19H13Cl2N3O5. The molecule has 0 fully saturated rings. The van der Waals surface area contributed by atoms with Gasteiger partial charge in [0.2, 0.25) is 5.88 Å². The van der Waals surface area contributed by atoms with Crippen LogP contribution in [0.5, 0.6) is 11.6 Å². The Labute approximate surface area is 174 Å². The summed E-state index contributed by atoms with van der Waals surface area (Å²) < 4.78 is 5.41. The Hall–Kier alpha value is -3.36. The summed E-state index contributed by atoms with van der Waals surface area (Å²) >= 11 is 11.8. The van der Waals surface area contributed by atoms with E-state index in [0.717, 1.165) is 11.7 Å². The highest BCUT2D eigenvalue weighted by Gasteiger charge is 2.27. The van der Waals surface area contributed by atoms with Crippen LogP contribution in [0.4, 0.5) is 11.4 Å². The second kappa shape index (κ2) is 8.34. The zero-order valence-electron chi connectivity index (χ0n) is 14.8. The number of pyridine rings is 1. The van der Waals surface area contributed by atoms with E-state index in [0.29, 0.717) is 5.02 Å². The number of benzene rings is 2. The van der Waals surface area contributed by atoms with Gasteiger partial charge in [-0.1, -0.05) is 41.4 Å². The molecule has 0 unspecified atom stereocenters. The van der Waals surface area contributed by atoms with Gasteiger partial charge in [-0.05, 0) is 30.3 Å². The van der Waals surface area contributed by atoms with Crippen molar-refractivity contribution in [2.24, 2.45) is 10.2 Å². The highest BCUT2D eigenvalue weighted by atomic mass is 35.5. The van der Waals surface area contributed by atoms with Gasteiger partial charge in [0.1, 0.15) is 0 Å². The maximum absolute atomic E-state index is 12.9. The van der Waals surface area contributed by atoms with Crippen molar-refractivity contribution in [2.75, 3.05) is 7.11 Å². The quantitative estimate of drug-likeness (QED) is 0.454. The molecule has 0 amide bonds. The molecule has 0 radical (unpaired) electrons. The second-order valence-electron chi connectivity index (χ2n) is 5.66. The molecule has 0 saturated heterocycles. The van der Waals surface area contributed by atoms with Gasteiger partial charge in [-0.15, -0.1) is 5.11 Å². The van der Waals surface area contributed by atoms with E-state index in [-0.39, 0.29) is 16.4 Å². The lowest BCUT2D eigenvalue weighted by atomic mass is 10.2. The number of azo groups is 1. The Kier molecular flexibility index (Phi) is 5.86. The van der Waals surface area contributed by atoms with Crippen molar-refractivity contribution in [3.8, 4) is 17.3 Å². The fourth-order valence-corrected chi connectivity index (χ4v) is 2.78. The molecular weight excluding hydrogens is 421 g/mol. The number of ether oxygens (including phenoxy) is 1. The molecule has 0 aliphatic carbocycles. The average Bonchev–Trinajstić information content (AvgIpc) is 2.71. The number of methoxy groups -OCH3 is 1. The number of nitrogens with zero attached hydrogens (tertiary/aromatic N) is 3. The van der Waals surface area contributed by atoms with E-state index in [1.54, 1.807) is 18.2 Å². The van der Waals surface area contributed by atoms with E-state index in [2.05, 4.69) is 15.0 Å². The Morgan fingerprint density at radius 2 is 1.72 bits per heavy atom. The molecule has 0 bridgehead atoms. The first-order valence-electron chi connectivity index (χ1n) is 8.06. The molecule has 8 nitrogen and oxygen atoms in total. The zero-order valence-corrected chi connectivity index (χ0v) is 16.3. The number of hydrogen-bond donors (Lipinski definition) is 2. The number of carbonyl (C=O) groups excluding carboxylic acids is 1. The molecule has 0 atom stereocenters. The molecule has 3 rings (SSSR count). The molecule has 0 aliphatic heterocycles. The minimum atomic E-state index is -1.06. The lowest BCUT2D eigenvalue weighted by Gasteiger charge is -2.14. The number of rotatable bonds is 4. The summed E-state index contributed by atoms with van der Waals surface area (Å²) in [5.74, 6) is -2.72. The molecule has 148 valence electrons. The normalized spacial score (nSPS) is 11.0. The van der Waals surface area contributed by atoms with Gasteiger partial charge in [0.25, 0.3) is 5.56 Å². The van der Waals surface area contributed by atoms with Crippen LogP contribution in [-0.2, 0) is 4.74 Å². The van der Waals surface area contributed by atoms with E-state index >= 15 is 0 Å². The van der Waals surface area contributed by atoms with Gasteiger partial charge in [0.05, 0.1) is 28.5 Å². The van der Waals surface area contributed by atoms with Gasteiger partial charge >= 0.3 is 5.97 Å². The van der Waals surface area contributed by atoms with Gasteiger partial charge < -0.3 is 14.9 Å². The Balaban J connectivity index is 2.25. The van der Waals surface area contributed by atoms with Crippen molar-refractivity contribution in [1.29, 1.82) is 0 Å². The molecule has 0 spiro atoms. The molecule has 0 aliphatic rings. The topological polar surface area (TPSA) is 113 Å². The molecule has 29 heavy (non-hydrogen) atoms. The van der Waals surface area contributed by atoms with Gasteiger partial charge in [0, 0.05) is 0 Å². The third kappa shape index (κ3) is 3.94. The monoisotopic (exact) mass is 433 g/mol. The van der Waals surface area contributed by atoms with Crippen molar-refractivity contribution in [1.82, 2.24) is 4.57 Å². The summed E-state index contributed by atoms with van der Waals surface area (Å²) in [7, 11) is 1.07. The minimum absolute atomic E-state index is 0.218. The second-order valence-corrected chi connectivity index (χ2v) is 6.48. The lowest BCUT2D eigenvalue weighted by molar-refractivity contribution is 0.0592. The minimum Gasteiger partial charge on any atom is -0.504 e. The van der Waals surface area contributed by atoms with Crippen LogP contribution in [0.25, 0.3) is 5.69 Å². The van der Waals surface area contributed by atoms with E-state index in [9.17, 15) is 19.8 Å². The van der Waals surface area contributed by atoms with Gasteiger partial charge in [0.15, 0.2) is 17.0 Å². The largest absolute Gasteiger partial charge is 0.504 e. The number of aromatic nitrogens is 1. The van der Waals surface area contributed by atoms with E-state index in [1.165, 1.54) is 30.3 Å². The zero-order chi connectivity index (χ0) is 21.1. The predicted octanol–water partition coefficient (Wildman–Crippen LogP) is 4.76. The van der Waals surface area contributed by atoms with Crippen LogP contribution in [0, 0.1) is 0 Å². The molecule has 2 aromatic carbocycles. The molecule has 1 heterocycles. The number of carbonyl (C=O) groups is 1. The van der Waals surface area contributed by atoms with Crippen molar-refractivity contribution >= 4 is 40.5 Å². The Bertz CT molecular complexity index is 1180. The van der Waals surface area contributed by atoms with Crippen molar-refractivity contribution < 1.29 is 19.7 Å². The maximum Gasteiger partial charge on any atom is 0.347 e. The highest BCUT2D eigenvalue weighted by Crippen LogP contribution is 2.36. The standard InChI is InChI=1S/C19H13Cl2N3O5/c1-29-19(28)14-16(25)15(23-22-10-7-8-12(20)13(21)9-10)18(27)24(17(14)26)11-5-3-2-4-6-11/h2-9,25-26H,1H3. The Morgan fingerprint density at radius 1 is 1.03 bits per heavy atom. The van der Waals surface area contributed by atoms with Gasteiger partial charge in [-0.2, -0.15) is 5.11 Å². The fraction of sp³-hybridized carbons (Fsp3) is 0.0526. The molecule has 1 aromatic heterocycles. The summed E-state index contributed by atoms with van der Waals surface area (Å²) in [4.78, 5) is 25.0. The number of para-hydroxylation sites is 1. The summed E-state index contributed by atoms with van der Waals surface area (Å²) in [5.41, 5.74) is -1.61. The number of aromatic hydroxyl groups is 2. The van der Waals surface area contributed by atoms with Crippen molar-refractivity contribution in [2.45, 2.75) is 0 Å². The van der Waals surface area contributed by atoms with E-state index < -0.39 is 34.4 Å². The van der Waals surface area contributed by atoms with Crippen LogP contribution in [0.15, 0.2) is 63.6 Å². The first kappa shape index (κ1) is 20.4. The van der Waals surface area contributed by atoms with Crippen molar-refractivity contribution in [3.05, 3.63) is 74.5 Å². The molecule has 0 saturated carbocycles. The average molecular weight is 434 g/mol.